The van der Waals surface area contributed by atoms with Gasteiger partial charge in [0.1, 0.15) is 0 Å². The van der Waals surface area contributed by atoms with Gasteiger partial charge in [-0.25, -0.2) is 0 Å². The van der Waals surface area contributed by atoms with Crippen molar-refractivity contribution in [3.05, 3.63) is 311 Å². The van der Waals surface area contributed by atoms with Crippen LogP contribution in [0.3, 0.4) is 0 Å². The Morgan fingerprint density at radius 3 is 1.56 bits per heavy atom. The van der Waals surface area contributed by atoms with Crippen LogP contribution < -0.4 is 4.90 Å². The van der Waals surface area contributed by atoms with E-state index in [-0.39, 0.29) is 0 Å². The summed E-state index contributed by atoms with van der Waals surface area (Å²) in [6.45, 7) is 0. The molecule has 2 aliphatic carbocycles. The highest BCUT2D eigenvalue weighted by molar-refractivity contribution is 6.13. The van der Waals surface area contributed by atoms with Crippen molar-refractivity contribution in [2.75, 3.05) is 4.90 Å². The van der Waals surface area contributed by atoms with Crippen LogP contribution in [0.15, 0.2) is 267 Å². The molecule has 1 unspecified atom stereocenters. The van der Waals surface area contributed by atoms with Crippen molar-refractivity contribution in [3.8, 4) is 27.9 Å². The van der Waals surface area contributed by atoms with Crippen LogP contribution in [0.1, 0.15) is 44.5 Å². The SMILES string of the molecule is c1ccc(C2(c3ccc(N(c4ccc5c(c4)C4(c6ccccc6-5)c5ccccc5-n5c6ccccc6c6cccc4c65)c4ccc5c(ccc6ccccc65)c4)cc3)c3ccccc3-c3ccccc32)cc1. The second-order valence-electron chi connectivity index (χ2n) is 19.9. The molecule has 72 heavy (non-hydrogen) atoms. The van der Waals surface area contributed by atoms with Crippen LogP contribution in [0.4, 0.5) is 17.1 Å². The van der Waals surface area contributed by atoms with Crippen LogP contribution >= 0.6 is 0 Å². The molecule has 3 aliphatic rings. The van der Waals surface area contributed by atoms with E-state index < -0.39 is 10.8 Å². The standard InChI is InChI=1S/C70H44N2/c1-2-18-47(19-3-1)69(60-26-10-6-21-54(60)55-22-7-11-27-61(55)69)48-35-37-49(38-36-48)71(50-39-41-53-46(43-50)34-33-45-17-4-5-20-52(45)53)51-40-42-57-56-23-8-12-28-62(56)70(65(57)44-51)63-29-13-15-32-67(63)72-66-31-14-9-24-58(66)59-25-16-30-64(70)68(59)72/h1-44H. The Morgan fingerprint density at radius 2 is 0.792 bits per heavy atom. The fourth-order valence-electron chi connectivity index (χ4n) is 13.8. The Bertz CT molecular complexity index is 4360. The predicted octanol–water partition coefficient (Wildman–Crippen LogP) is 17.6. The lowest BCUT2D eigenvalue weighted by molar-refractivity contribution is 0.748. The van der Waals surface area contributed by atoms with Crippen LogP contribution in [-0.2, 0) is 10.8 Å². The van der Waals surface area contributed by atoms with Gasteiger partial charge in [-0.05, 0) is 137 Å². The molecular formula is C70H44N2. The first kappa shape index (κ1) is 39.6. The van der Waals surface area contributed by atoms with E-state index in [9.17, 15) is 0 Å². The maximum absolute atomic E-state index is 2.53. The second-order valence-corrected chi connectivity index (χ2v) is 19.9. The highest BCUT2D eigenvalue weighted by Crippen LogP contribution is 2.62. The maximum atomic E-state index is 2.53. The predicted molar refractivity (Wildman–Crippen MR) is 299 cm³/mol. The van der Waals surface area contributed by atoms with Crippen molar-refractivity contribution in [3.63, 3.8) is 0 Å². The fourth-order valence-corrected chi connectivity index (χ4v) is 13.8. The van der Waals surface area contributed by atoms with E-state index in [2.05, 4.69) is 276 Å². The van der Waals surface area contributed by atoms with Crippen molar-refractivity contribution in [1.29, 1.82) is 0 Å². The third kappa shape index (κ3) is 5.03. The molecule has 1 atom stereocenters. The first-order valence-corrected chi connectivity index (χ1v) is 25.2. The van der Waals surface area contributed by atoms with Gasteiger partial charge in [-0.1, -0.05) is 218 Å². The first-order chi connectivity index (χ1) is 35.7. The highest BCUT2D eigenvalue weighted by Gasteiger charge is 2.51. The molecule has 0 fully saturated rings. The number of nitrogens with zero attached hydrogens (tertiary/aromatic N) is 2. The number of benzene rings is 12. The van der Waals surface area contributed by atoms with Gasteiger partial charge >= 0.3 is 0 Å². The van der Waals surface area contributed by atoms with E-state index in [4.69, 9.17) is 0 Å². The first-order valence-electron chi connectivity index (χ1n) is 25.2. The minimum atomic E-state index is -0.578. The number of para-hydroxylation sites is 3. The summed E-state index contributed by atoms with van der Waals surface area (Å²) in [5.41, 5.74) is 21.5. The van der Waals surface area contributed by atoms with Gasteiger partial charge < -0.3 is 9.47 Å². The van der Waals surface area contributed by atoms with Gasteiger partial charge in [0.25, 0.3) is 0 Å². The molecule has 2 heteroatoms. The van der Waals surface area contributed by atoms with Crippen molar-refractivity contribution in [2.45, 2.75) is 10.8 Å². The van der Waals surface area contributed by atoms with Gasteiger partial charge in [0.05, 0.1) is 27.6 Å². The summed E-state index contributed by atoms with van der Waals surface area (Å²) in [4.78, 5) is 2.49. The van der Waals surface area contributed by atoms with E-state index >= 15 is 0 Å². The molecule has 0 radical (unpaired) electrons. The van der Waals surface area contributed by atoms with Crippen LogP contribution in [0, 0.1) is 0 Å². The minimum absolute atomic E-state index is 0.495. The third-order valence-electron chi connectivity index (χ3n) is 16.6. The van der Waals surface area contributed by atoms with Gasteiger partial charge in [0.2, 0.25) is 0 Å². The average molecular weight is 913 g/mol. The highest BCUT2D eigenvalue weighted by atomic mass is 15.1. The summed E-state index contributed by atoms with van der Waals surface area (Å²) in [7, 11) is 0. The van der Waals surface area contributed by atoms with Crippen LogP contribution in [0.2, 0.25) is 0 Å². The Morgan fingerprint density at radius 1 is 0.278 bits per heavy atom. The molecule has 0 saturated heterocycles. The number of anilines is 3. The molecule has 0 N–H and O–H groups in total. The second kappa shape index (κ2) is 14.6. The Balaban J connectivity index is 0.954. The number of hydrogen-bond acceptors (Lipinski definition) is 1. The van der Waals surface area contributed by atoms with Gasteiger partial charge in [-0.3, -0.25) is 0 Å². The quantitative estimate of drug-likeness (QED) is 0.156. The summed E-state index contributed by atoms with van der Waals surface area (Å²) in [6.07, 6.45) is 0. The molecule has 12 aromatic carbocycles. The minimum Gasteiger partial charge on any atom is -0.310 e. The van der Waals surface area contributed by atoms with E-state index in [1.165, 1.54) is 116 Å². The molecule has 1 aliphatic heterocycles. The van der Waals surface area contributed by atoms with Crippen LogP contribution in [-0.4, -0.2) is 4.57 Å². The third-order valence-corrected chi connectivity index (χ3v) is 16.6. The Kier molecular flexibility index (Phi) is 8.05. The Labute approximate surface area is 418 Å². The number of rotatable bonds is 5. The van der Waals surface area contributed by atoms with E-state index in [0.717, 1.165) is 17.1 Å². The maximum Gasteiger partial charge on any atom is 0.0755 e. The van der Waals surface area contributed by atoms with Crippen molar-refractivity contribution >= 4 is 60.4 Å². The molecule has 0 bridgehead atoms. The van der Waals surface area contributed by atoms with Gasteiger partial charge in [0.15, 0.2) is 0 Å². The van der Waals surface area contributed by atoms with Crippen molar-refractivity contribution < 1.29 is 0 Å². The summed E-state index contributed by atoms with van der Waals surface area (Å²) in [6, 6.07) is 100. The zero-order valence-corrected chi connectivity index (χ0v) is 39.3. The number of aromatic nitrogens is 1. The number of fused-ring (bicyclic) bond motifs is 18. The molecule has 16 rings (SSSR count). The van der Waals surface area contributed by atoms with Gasteiger partial charge in [-0.15, -0.1) is 0 Å². The topological polar surface area (TPSA) is 8.17 Å². The van der Waals surface area contributed by atoms with Crippen LogP contribution in [0.5, 0.6) is 0 Å². The smallest absolute Gasteiger partial charge is 0.0755 e. The lowest BCUT2D eigenvalue weighted by Gasteiger charge is -2.40. The normalized spacial score (nSPS) is 15.4. The molecule has 0 saturated carbocycles. The average Bonchev–Trinajstić information content (AvgIpc) is 4.06. The fraction of sp³-hybridized carbons (Fsp3) is 0.0286. The molecule has 0 amide bonds. The monoisotopic (exact) mass is 912 g/mol. The molecular weight excluding hydrogens is 869 g/mol. The Hall–Kier alpha value is -9.24. The van der Waals surface area contributed by atoms with E-state index in [1.54, 1.807) is 0 Å². The lowest BCUT2D eigenvalue weighted by Crippen LogP contribution is -2.33. The van der Waals surface area contributed by atoms with Crippen molar-refractivity contribution in [2.24, 2.45) is 0 Å². The zero-order chi connectivity index (χ0) is 47.1. The molecule has 334 valence electrons. The van der Waals surface area contributed by atoms with Crippen molar-refractivity contribution in [1.82, 2.24) is 4.57 Å². The summed E-state index contributed by atoms with van der Waals surface area (Å²) in [5.74, 6) is 0. The van der Waals surface area contributed by atoms with Crippen LogP contribution in [0.25, 0.3) is 71.3 Å². The molecule has 2 nitrogen and oxygen atoms in total. The molecule has 2 heterocycles. The largest absolute Gasteiger partial charge is 0.310 e. The van der Waals surface area contributed by atoms with Gasteiger partial charge in [-0.2, -0.15) is 0 Å². The molecule has 1 spiro atoms. The summed E-state index contributed by atoms with van der Waals surface area (Å²) in [5, 5.41) is 7.53. The lowest BCUT2D eigenvalue weighted by atomic mass is 9.65. The van der Waals surface area contributed by atoms with E-state index in [1.807, 2.05) is 0 Å². The van der Waals surface area contributed by atoms with Gasteiger partial charge in [0, 0.05) is 27.8 Å². The molecule has 13 aromatic rings. The zero-order valence-electron chi connectivity index (χ0n) is 39.3. The molecule has 1 aromatic heterocycles. The summed E-state index contributed by atoms with van der Waals surface area (Å²) < 4.78 is 2.53. The summed E-state index contributed by atoms with van der Waals surface area (Å²) >= 11 is 0. The number of hydrogen-bond donors (Lipinski definition) is 0. The van der Waals surface area contributed by atoms with E-state index in [0.29, 0.717) is 0 Å².